The molecule has 0 radical (unpaired) electrons. The molecule has 2 aromatic carbocycles. The molecule has 0 aliphatic carbocycles. The summed E-state index contributed by atoms with van der Waals surface area (Å²) in [7, 11) is 0. The fraction of sp³-hybridized carbons (Fsp3) is 0.167. The van der Waals surface area contributed by atoms with Crippen molar-refractivity contribution in [1.82, 2.24) is 4.57 Å². The van der Waals surface area contributed by atoms with Crippen LogP contribution < -0.4 is 10.3 Å². The van der Waals surface area contributed by atoms with Gasteiger partial charge in [-0.3, -0.25) is 5.73 Å². The summed E-state index contributed by atoms with van der Waals surface area (Å²) in [6, 6.07) is 15.7. The number of aromatic nitrogens is 2. The first-order chi connectivity index (χ1) is 11.1. The maximum atomic E-state index is 10.6. The Bertz CT molecular complexity index is 857. The van der Waals surface area contributed by atoms with Gasteiger partial charge in [0.25, 0.3) is 0 Å². The van der Waals surface area contributed by atoms with Crippen molar-refractivity contribution in [3.63, 3.8) is 0 Å². The SMILES string of the molecule is C=CCn1c(N)[n+](CC(O)c2cccc(Br)c2)c2ccccc21. The van der Waals surface area contributed by atoms with Crippen LogP contribution in [0.25, 0.3) is 11.0 Å². The molecular weight excluding hydrogens is 354 g/mol. The molecule has 4 nitrogen and oxygen atoms in total. The van der Waals surface area contributed by atoms with Crippen molar-refractivity contribution in [3.05, 3.63) is 71.2 Å². The molecule has 0 fully saturated rings. The lowest BCUT2D eigenvalue weighted by molar-refractivity contribution is -0.666. The first-order valence-corrected chi connectivity index (χ1v) is 8.22. The Hall–Kier alpha value is -2.11. The van der Waals surface area contributed by atoms with E-state index >= 15 is 0 Å². The lowest BCUT2D eigenvalue weighted by atomic mass is 10.1. The Labute approximate surface area is 143 Å². The van der Waals surface area contributed by atoms with E-state index in [1.165, 1.54) is 0 Å². The van der Waals surface area contributed by atoms with Crippen LogP contribution in [0, 0.1) is 0 Å². The lowest BCUT2D eigenvalue weighted by Crippen LogP contribution is -2.39. The number of nitrogen functional groups attached to an aromatic ring is 1. The smallest absolute Gasteiger partial charge is 0.356 e. The second-order valence-electron chi connectivity index (χ2n) is 5.43. The molecule has 5 heteroatoms. The molecule has 0 aliphatic heterocycles. The summed E-state index contributed by atoms with van der Waals surface area (Å²) in [4.78, 5) is 0. The Kier molecular flexibility index (Phi) is 4.50. The average molecular weight is 373 g/mol. The molecule has 23 heavy (non-hydrogen) atoms. The number of fused-ring (bicyclic) bond motifs is 1. The largest absolute Gasteiger partial charge is 0.385 e. The van der Waals surface area contributed by atoms with Crippen molar-refractivity contribution >= 4 is 32.9 Å². The first-order valence-electron chi connectivity index (χ1n) is 7.42. The monoisotopic (exact) mass is 372 g/mol. The predicted molar refractivity (Wildman–Crippen MR) is 95.8 cm³/mol. The minimum absolute atomic E-state index is 0.396. The van der Waals surface area contributed by atoms with Crippen LogP contribution in [0.15, 0.2) is 65.7 Å². The number of rotatable bonds is 5. The predicted octanol–water partition coefficient (Wildman–Crippen LogP) is 3.19. The van der Waals surface area contributed by atoms with E-state index in [4.69, 9.17) is 5.73 Å². The number of nitrogens with zero attached hydrogens (tertiary/aromatic N) is 2. The van der Waals surface area contributed by atoms with Gasteiger partial charge in [-0.15, -0.1) is 0 Å². The Morgan fingerprint density at radius 1 is 1.26 bits per heavy atom. The fourth-order valence-electron chi connectivity index (χ4n) is 2.82. The highest BCUT2D eigenvalue weighted by molar-refractivity contribution is 9.10. The molecule has 0 saturated heterocycles. The van der Waals surface area contributed by atoms with Gasteiger partial charge in [0.15, 0.2) is 0 Å². The van der Waals surface area contributed by atoms with Gasteiger partial charge in [-0.25, -0.2) is 9.13 Å². The number of hydrogen-bond donors (Lipinski definition) is 2. The number of aliphatic hydroxyl groups is 1. The molecule has 118 valence electrons. The summed E-state index contributed by atoms with van der Waals surface area (Å²) in [6.07, 6.45) is 1.18. The third-order valence-electron chi connectivity index (χ3n) is 3.92. The number of allylic oxidation sites excluding steroid dienone is 1. The van der Waals surface area contributed by atoms with Crippen LogP contribution in [0.2, 0.25) is 0 Å². The van der Waals surface area contributed by atoms with Gasteiger partial charge in [0, 0.05) is 4.47 Å². The van der Waals surface area contributed by atoms with Gasteiger partial charge in [0.2, 0.25) is 0 Å². The van der Waals surface area contributed by atoms with Gasteiger partial charge in [0.1, 0.15) is 23.7 Å². The second kappa shape index (κ2) is 6.56. The number of hydrogen-bond acceptors (Lipinski definition) is 2. The van der Waals surface area contributed by atoms with Crippen LogP contribution in [0.4, 0.5) is 5.95 Å². The second-order valence-corrected chi connectivity index (χ2v) is 6.34. The Morgan fingerprint density at radius 2 is 2.04 bits per heavy atom. The summed E-state index contributed by atoms with van der Waals surface area (Å²) in [5.41, 5.74) is 9.20. The van der Waals surface area contributed by atoms with Gasteiger partial charge in [-0.1, -0.05) is 52.9 Å². The maximum Gasteiger partial charge on any atom is 0.356 e. The van der Waals surface area contributed by atoms with E-state index in [9.17, 15) is 5.11 Å². The molecule has 3 aromatic rings. The summed E-state index contributed by atoms with van der Waals surface area (Å²) >= 11 is 3.44. The van der Waals surface area contributed by atoms with Crippen LogP contribution in [0.5, 0.6) is 0 Å². The van der Waals surface area contributed by atoms with Crippen LogP contribution in [-0.2, 0) is 13.1 Å². The minimum atomic E-state index is -0.636. The summed E-state index contributed by atoms with van der Waals surface area (Å²) in [5, 5.41) is 10.6. The third kappa shape index (κ3) is 3.02. The number of halogens is 1. The molecule has 1 heterocycles. The summed E-state index contributed by atoms with van der Waals surface area (Å²) in [5.74, 6) is 0.611. The molecule has 1 unspecified atom stereocenters. The highest BCUT2D eigenvalue weighted by Gasteiger charge is 2.22. The van der Waals surface area contributed by atoms with Gasteiger partial charge < -0.3 is 5.11 Å². The molecule has 0 spiro atoms. The summed E-state index contributed by atoms with van der Waals surface area (Å²) < 4.78 is 4.89. The fourth-order valence-corrected chi connectivity index (χ4v) is 3.24. The van der Waals surface area contributed by atoms with Crippen LogP contribution >= 0.6 is 15.9 Å². The quantitative estimate of drug-likeness (QED) is 0.533. The van der Waals surface area contributed by atoms with E-state index in [0.717, 1.165) is 21.1 Å². The van der Waals surface area contributed by atoms with E-state index in [1.807, 2.05) is 63.7 Å². The van der Waals surface area contributed by atoms with Gasteiger partial charge >= 0.3 is 5.95 Å². The van der Waals surface area contributed by atoms with E-state index in [2.05, 4.69) is 22.5 Å². The molecule has 0 aliphatic rings. The molecular formula is C18H19BrN3O+. The average Bonchev–Trinajstić information content (AvgIpc) is 2.81. The molecule has 0 bridgehead atoms. The van der Waals surface area contributed by atoms with E-state index in [0.29, 0.717) is 19.0 Å². The van der Waals surface area contributed by atoms with Gasteiger partial charge in [0.05, 0.1) is 6.54 Å². The Balaban J connectivity index is 2.03. The van der Waals surface area contributed by atoms with Crippen LogP contribution in [0.3, 0.4) is 0 Å². The van der Waals surface area contributed by atoms with Crippen molar-refractivity contribution in [2.24, 2.45) is 0 Å². The number of anilines is 1. The van der Waals surface area contributed by atoms with E-state index < -0.39 is 6.10 Å². The standard InChI is InChI=1S/C18H18BrN3O/c1-2-10-21-15-8-3-4-9-16(15)22(18(21)20)12-17(23)13-6-5-7-14(19)11-13/h2-9,11,17,20,23H,1,10,12H2/p+1. The van der Waals surface area contributed by atoms with Gasteiger partial charge in [-0.2, -0.15) is 0 Å². The van der Waals surface area contributed by atoms with Gasteiger partial charge in [-0.05, 0) is 29.8 Å². The van der Waals surface area contributed by atoms with Crippen molar-refractivity contribution in [3.8, 4) is 0 Å². The van der Waals surface area contributed by atoms with E-state index in [1.54, 1.807) is 0 Å². The zero-order chi connectivity index (χ0) is 16.4. The zero-order valence-electron chi connectivity index (χ0n) is 12.7. The number of benzene rings is 2. The third-order valence-corrected chi connectivity index (χ3v) is 4.41. The first kappa shape index (κ1) is 15.8. The number of para-hydroxylation sites is 2. The molecule has 0 saturated carbocycles. The Morgan fingerprint density at radius 3 is 2.78 bits per heavy atom. The van der Waals surface area contributed by atoms with Crippen LogP contribution in [0.1, 0.15) is 11.7 Å². The molecule has 1 aromatic heterocycles. The van der Waals surface area contributed by atoms with Crippen molar-refractivity contribution in [1.29, 1.82) is 0 Å². The van der Waals surface area contributed by atoms with Crippen LogP contribution in [-0.4, -0.2) is 9.67 Å². The lowest BCUT2D eigenvalue weighted by Gasteiger charge is -2.11. The highest BCUT2D eigenvalue weighted by Crippen LogP contribution is 2.21. The number of nitrogens with two attached hydrogens (primary N) is 1. The topological polar surface area (TPSA) is 55.1 Å². The van der Waals surface area contributed by atoms with Crippen molar-refractivity contribution in [2.45, 2.75) is 19.2 Å². The highest BCUT2D eigenvalue weighted by atomic mass is 79.9. The maximum absolute atomic E-state index is 10.6. The zero-order valence-corrected chi connectivity index (χ0v) is 14.3. The minimum Gasteiger partial charge on any atom is -0.385 e. The van der Waals surface area contributed by atoms with E-state index in [-0.39, 0.29) is 0 Å². The normalized spacial score (nSPS) is 12.4. The summed E-state index contributed by atoms with van der Waals surface area (Å²) in [6.45, 7) is 4.82. The van der Waals surface area contributed by atoms with Crippen molar-refractivity contribution in [2.75, 3.05) is 5.73 Å². The molecule has 0 amide bonds. The van der Waals surface area contributed by atoms with Crippen molar-refractivity contribution < 1.29 is 9.67 Å². The molecule has 1 atom stereocenters. The number of imidazole rings is 1. The number of aliphatic hydroxyl groups excluding tert-OH is 1. The molecule has 3 N–H and O–H groups in total. The molecule has 3 rings (SSSR count).